The standard InChI is InChI=1S/C23H22N6OS2/c1-15-18(16(2)28(27-15)13-17-8-4-3-5-9-17)12-24-21(30)14-31-22-25-26-23-29(22)19-10-6-7-11-20(19)32-23/h3-11H,12-14H2,1-2H3,(H,24,30). The van der Waals surface area contributed by atoms with Gasteiger partial charge in [0.2, 0.25) is 10.9 Å². The van der Waals surface area contributed by atoms with Gasteiger partial charge in [0.1, 0.15) is 0 Å². The van der Waals surface area contributed by atoms with Crippen molar-refractivity contribution in [1.82, 2.24) is 29.7 Å². The van der Waals surface area contributed by atoms with Crippen LogP contribution in [0.25, 0.3) is 15.2 Å². The van der Waals surface area contributed by atoms with E-state index in [0.717, 1.165) is 43.8 Å². The van der Waals surface area contributed by atoms with Crippen molar-refractivity contribution in [3.8, 4) is 0 Å². The molecule has 7 nitrogen and oxygen atoms in total. The summed E-state index contributed by atoms with van der Waals surface area (Å²) in [5.74, 6) is 0.238. The predicted molar refractivity (Wildman–Crippen MR) is 128 cm³/mol. The van der Waals surface area contributed by atoms with E-state index in [1.165, 1.54) is 17.3 Å². The van der Waals surface area contributed by atoms with E-state index < -0.39 is 0 Å². The maximum atomic E-state index is 12.6. The van der Waals surface area contributed by atoms with Crippen molar-refractivity contribution >= 4 is 44.2 Å². The van der Waals surface area contributed by atoms with Crippen molar-refractivity contribution in [3.05, 3.63) is 77.1 Å². The number of aromatic nitrogens is 5. The van der Waals surface area contributed by atoms with Crippen molar-refractivity contribution in [2.45, 2.75) is 32.1 Å². The molecule has 0 fully saturated rings. The molecule has 5 aromatic rings. The third kappa shape index (κ3) is 4.01. The monoisotopic (exact) mass is 462 g/mol. The first-order chi connectivity index (χ1) is 15.6. The highest BCUT2D eigenvalue weighted by molar-refractivity contribution is 7.99. The van der Waals surface area contributed by atoms with Gasteiger partial charge in [-0.1, -0.05) is 65.6 Å². The normalized spacial score (nSPS) is 11.4. The summed E-state index contributed by atoms with van der Waals surface area (Å²) in [6, 6.07) is 18.4. The SMILES string of the molecule is Cc1nn(Cc2ccccc2)c(C)c1CNC(=O)CSc1nnc2sc3ccccc3n12. The molecule has 0 aliphatic carbocycles. The van der Waals surface area contributed by atoms with Crippen LogP contribution in [0, 0.1) is 13.8 Å². The number of hydrogen-bond donors (Lipinski definition) is 1. The maximum Gasteiger partial charge on any atom is 0.230 e. The second-order valence-corrected chi connectivity index (χ2v) is 9.48. The van der Waals surface area contributed by atoms with Crippen LogP contribution in [-0.2, 0) is 17.9 Å². The first-order valence-electron chi connectivity index (χ1n) is 10.3. The van der Waals surface area contributed by atoms with E-state index in [2.05, 4.69) is 38.8 Å². The van der Waals surface area contributed by atoms with E-state index >= 15 is 0 Å². The molecule has 1 amide bonds. The Morgan fingerprint density at radius 1 is 1.06 bits per heavy atom. The van der Waals surface area contributed by atoms with Gasteiger partial charge in [-0.05, 0) is 31.5 Å². The molecule has 0 saturated heterocycles. The molecular formula is C23H22N6OS2. The second-order valence-electron chi connectivity index (χ2n) is 7.53. The van der Waals surface area contributed by atoms with Crippen molar-refractivity contribution in [1.29, 1.82) is 0 Å². The first kappa shape index (κ1) is 20.7. The van der Waals surface area contributed by atoms with E-state index in [-0.39, 0.29) is 11.7 Å². The van der Waals surface area contributed by atoms with E-state index in [9.17, 15) is 4.79 Å². The van der Waals surface area contributed by atoms with Gasteiger partial charge in [0, 0.05) is 17.8 Å². The number of hydrogen-bond acceptors (Lipinski definition) is 6. The van der Waals surface area contributed by atoms with E-state index in [4.69, 9.17) is 0 Å². The molecule has 162 valence electrons. The van der Waals surface area contributed by atoms with E-state index in [0.29, 0.717) is 6.54 Å². The molecule has 0 saturated carbocycles. The van der Waals surface area contributed by atoms with E-state index in [1.807, 2.05) is 59.3 Å². The van der Waals surface area contributed by atoms with Crippen LogP contribution in [-0.4, -0.2) is 36.0 Å². The van der Waals surface area contributed by atoms with Gasteiger partial charge in [0.05, 0.1) is 28.2 Å². The highest BCUT2D eigenvalue weighted by Gasteiger charge is 2.16. The quantitative estimate of drug-likeness (QED) is 0.367. The fraction of sp³-hybridized carbons (Fsp3) is 0.217. The summed E-state index contributed by atoms with van der Waals surface area (Å²) in [5, 5.41) is 16.9. The molecule has 5 rings (SSSR count). The number of nitrogens with zero attached hydrogens (tertiary/aromatic N) is 5. The van der Waals surface area contributed by atoms with Gasteiger partial charge in [-0.15, -0.1) is 10.2 Å². The van der Waals surface area contributed by atoms with Gasteiger partial charge >= 0.3 is 0 Å². The van der Waals surface area contributed by atoms with Crippen molar-refractivity contribution in [2.75, 3.05) is 5.75 Å². The Hall–Kier alpha value is -3.17. The zero-order valence-electron chi connectivity index (χ0n) is 17.8. The average Bonchev–Trinajstić information content (AvgIpc) is 3.44. The molecule has 1 N–H and O–H groups in total. The Labute approximate surface area is 193 Å². The fourth-order valence-electron chi connectivity index (χ4n) is 3.72. The lowest BCUT2D eigenvalue weighted by atomic mass is 10.2. The summed E-state index contributed by atoms with van der Waals surface area (Å²) in [4.78, 5) is 13.4. The van der Waals surface area contributed by atoms with Gasteiger partial charge in [0.15, 0.2) is 5.16 Å². The molecule has 0 radical (unpaired) electrons. The molecule has 0 unspecified atom stereocenters. The number of para-hydroxylation sites is 1. The van der Waals surface area contributed by atoms with Crippen LogP contribution < -0.4 is 5.32 Å². The number of aryl methyl sites for hydroxylation is 1. The third-order valence-electron chi connectivity index (χ3n) is 5.41. The van der Waals surface area contributed by atoms with Crippen LogP contribution in [0.2, 0.25) is 0 Å². The van der Waals surface area contributed by atoms with Gasteiger partial charge in [-0.2, -0.15) is 5.10 Å². The molecule has 0 spiro atoms. The van der Waals surface area contributed by atoms with Crippen LogP contribution in [0.3, 0.4) is 0 Å². The summed E-state index contributed by atoms with van der Waals surface area (Å²) >= 11 is 2.99. The molecule has 2 aromatic carbocycles. The van der Waals surface area contributed by atoms with Gasteiger partial charge in [-0.25, -0.2) is 0 Å². The number of carbonyl (C=O) groups excluding carboxylic acids is 1. The minimum absolute atomic E-state index is 0.0408. The number of carbonyl (C=O) groups is 1. The van der Waals surface area contributed by atoms with Crippen LogP contribution >= 0.6 is 23.1 Å². The number of rotatable bonds is 7. The lowest BCUT2D eigenvalue weighted by molar-refractivity contribution is -0.118. The van der Waals surface area contributed by atoms with E-state index in [1.54, 1.807) is 11.3 Å². The summed E-state index contributed by atoms with van der Waals surface area (Å²) < 4.78 is 5.16. The molecule has 32 heavy (non-hydrogen) atoms. The smallest absolute Gasteiger partial charge is 0.230 e. The number of nitrogens with one attached hydrogen (secondary N) is 1. The first-order valence-corrected chi connectivity index (χ1v) is 12.1. The van der Waals surface area contributed by atoms with Crippen molar-refractivity contribution in [3.63, 3.8) is 0 Å². The lowest BCUT2D eigenvalue weighted by Gasteiger charge is -2.07. The summed E-state index contributed by atoms with van der Waals surface area (Å²) in [5.41, 5.74) is 5.34. The number of benzene rings is 2. The van der Waals surface area contributed by atoms with Gasteiger partial charge in [-0.3, -0.25) is 13.9 Å². The maximum absolute atomic E-state index is 12.6. The zero-order valence-corrected chi connectivity index (χ0v) is 19.4. The minimum atomic E-state index is -0.0408. The van der Waals surface area contributed by atoms with Crippen molar-refractivity contribution in [2.24, 2.45) is 0 Å². The van der Waals surface area contributed by atoms with Gasteiger partial charge < -0.3 is 5.32 Å². The number of fused-ring (bicyclic) bond motifs is 3. The molecule has 0 aliphatic heterocycles. The Balaban J connectivity index is 1.23. The molecule has 0 atom stereocenters. The zero-order chi connectivity index (χ0) is 22.1. The lowest BCUT2D eigenvalue weighted by Crippen LogP contribution is -2.25. The van der Waals surface area contributed by atoms with Crippen LogP contribution in [0.5, 0.6) is 0 Å². The Morgan fingerprint density at radius 2 is 1.84 bits per heavy atom. The Bertz CT molecular complexity index is 1400. The highest BCUT2D eigenvalue weighted by Crippen LogP contribution is 2.29. The number of thioether (sulfide) groups is 1. The number of amides is 1. The van der Waals surface area contributed by atoms with Crippen molar-refractivity contribution < 1.29 is 4.79 Å². The third-order valence-corrected chi connectivity index (χ3v) is 7.35. The molecule has 3 aromatic heterocycles. The second kappa shape index (κ2) is 8.76. The van der Waals surface area contributed by atoms with Crippen LogP contribution in [0.4, 0.5) is 0 Å². The average molecular weight is 463 g/mol. The fourth-order valence-corrected chi connectivity index (χ4v) is 5.51. The Morgan fingerprint density at radius 3 is 2.69 bits per heavy atom. The van der Waals surface area contributed by atoms with Crippen LogP contribution in [0.1, 0.15) is 22.5 Å². The summed E-state index contributed by atoms with van der Waals surface area (Å²) in [6.45, 7) is 5.21. The largest absolute Gasteiger partial charge is 0.351 e. The molecule has 3 heterocycles. The molecular weight excluding hydrogens is 440 g/mol. The molecule has 0 aliphatic rings. The minimum Gasteiger partial charge on any atom is -0.351 e. The Kier molecular flexibility index (Phi) is 5.67. The topological polar surface area (TPSA) is 77.1 Å². The summed E-state index contributed by atoms with van der Waals surface area (Å²) in [6.07, 6.45) is 0. The highest BCUT2D eigenvalue weighted by atomic mass is 32.2. The molecule has 0 bridgehead atoms. The van der Waals surface area contributed by atoms with Gasteiger partial charge in [0.25, 0.3) is 0 Å². The molecule has 9 heteroatoms. The van der Waals surface area contributed by atoms with Crippen LogP contribution in [0.15, 0.2) is 59.8 Å². The predicted octanol–water partition coefficient (Wildman–Crippen LogP) is 4.21. The number of thiazole rings is 1. The summed E-state index contributed by atoms with van der Waals surface area (Å²) in [7, 11) is 0.